The van der Waals surface area contributed by atoms with Gasteiger partial charge in [0.1, 0.15) is 18.4 Å². The van der Waals surface area contributed by atoms with Gasteiger partial charge in [0.15, 0.2) is 6.61 Å². The van der Waals surface area contributed by atoms with Crippen molar-refractivity contribution in [2.75, 3.05) is 11.9 Å². The number of ether oxygens (including phenoxy) is 1. The minimum atomic E-state index is -0.210. The molecule has 0 aliphatic rings. The summed E-state index contributed by atoms with van der Waals surface area (Å²) in [5.74, 6) is 0.397. The van der Waals surface area contributed by atoms with E-state index in [1.807, 2.05) is 49.4 Å². The first-order valence-corrected chi connectivity index (χ1v) is 8.13. The number of nitrogens with zero attached hydrogens (tertiary/aromatic N) is 3. The largest absolute Gasteiger partial charge is 0.482 e. The fraction of sp³-hybridized carbons (Fsp3) is 0.211. The van der Waals surface area contributed by atoms with Gasteiger partial charge < -0.3 is 10.1 Å². The monoisotopic (exact) mass is 336 g/mol. The Labute approximate surface area is 146 Å². The van der Waals surface area contributed by atoms with Crippen LogP contribution in [0.3, 0.4) is 0 Å². The Kier molecular flexibility index (Phi) is 5.09. The highest BCUT2D eigenvalue weighted by molar-refractivity contribution is 5.91. The molecule has 25 heavy (non-hydrogen) atoms. The van der Waals surface area contributed by atoms with Gasteiger partial charge in [0.05, 0.1) is 5.69 Å². The maximum absolute atomic E-state index is 12.1. The van der Waals surface area contributed by atoms with Crippen LogP contribution in [0, 0.1) is 6.92 Å². The Balaban J connectivity index is 1.70. The average Bonchev–Trinajstić information content (AvgIpc) is 3.16. The number of aromatic nitrogens is 3. The molecule has 0 aliphatic heterocycles. The van der Waals surface area contributed by atoms with Crippen LogP contribution in [0.1, 0.15) is 18.1 Å². The molecule has 0 radical (unpaired) electrons. The van der Waals surface area contributed by atoms with Crippen LogP contribution in [0.25, 0.3) is 5.69 Å². The first-order valence-electron chi connectivity index (χ1n) is 8.13. The molecule has 3 rings (SSSR count). The Bertz CT molecular complexity index is 842. The molecule has 0 bridgehead atoms. The minimum absolute atomic E-state index is 0.0749. The number of hydrogen-bond donors (Lipinski definition) is 1. The maximum atomic E-state index is 12.1. The molecule has 6 heteroatoms. The predicted molar refractivity (Wildman–Crippen MR) is 96.0 cm³/mol. The second-order valence-electron chi connectivity index (χ2n) is 5.73. The van der Waals surface area contributed by atoms with Gasteiger partial charge in [0.25, 0.3) is 5.91 Å². The van der Waals surface area contributed by atoms with Gasteiger partial charge in [-0.15, -0.1) is 10.2 Å². The van der Waals surface area contributed by atoms with Crippen LogP contribution < -0.4 is 10.1 Å². The van der Waals surface area contributed by atoms with Crippen molar-refractivity contribution in [3.8, 4) is 11.4 Å². The molecule has 0 atom stereocenters. The fourth-order valence-corrected chi connectivity index (χ4v) is 2.41. The molecule has 3 aromatic rings. The summed E-state index contributed by atoms with van der Waals surface area (Å²) in [7, 11) is 0. The lowest BCUT2D eigenvalue weighted by Gasteiger charge is -2.13. The third-order valence-corrected chi connectivity index (χ3v) is 3.82. The number of benzene rings is 2. The molecule has 0 saturated heterocycles. The lowest BCUT2D eigenvalue weighted by atomic mass is 10.1. The summed E-state index contributed by atoms with van der Waals surface area (Å²) in [5, 5.41) is 10.5. The van der Waals surface area contributed by atoms with Gasteiger partial charge in [-0.2, -0.15) is 0 Å². The molecular weight excluding hydrogens is 316 g/mol. The van der Waals surface area contributed by atoms with E-state index >= 15 is 0 Å². The van der Waals surface area contributed by atoms with Crippen molar-refractivity contribution in [2.45, 2.75) is 20.3 Å². The van der Waals surface area contributed by atoms with Crippen LogP contribution in [0.15, 0.2) is 55.1 Å². The zero-order valence-corrected chi connectivity index (χ0v) is 14.3. The Morgan fingerprint density at radius 3 is 2.52 bits per heavy atom. The summed E-state index contributed by atoms with van der Waals surface area (Å²) in [6.45, 7) is 4.01. The molecule has 0 spiro atoms. The lowest BCUT2D eigenvalue weighted by molar-refractivity contribution is -0.118. The molecule has 6 nitrogen and oxygen atoms in total. The highest BCUT2D eigenvalue weighted by Crippen LogP contribution is 2.24. The van der Waals surface area contributed by atoms with Gasteiger partial charge in [-0.3, -0.25) is 9.36 Å². The quantitative estimate of drug-likeness (QED) is 0.751. The Hall–Kier alpha value is -3.15. The summed E-state index contributed by atoms with van der Waals surface area (Å²) in [6, 6.07) is 13.5. The van der Waals surface area contributed by atoms with Crippen LogP contribution in [-0.2, 0) is 11.2 Å². The summed E-state index contributed by atoms with van der Waals surface area (Å²) >= 11 is 0. The second-order valence-corrected chi connectivity index (χ2v) is 5.73. The highest BCUT2D eigenvalue weighted by atomic mass is 16.5. The average molecular weight is 336 g/mol. The number of amides is 1. The molecule has 0 unspecified atom stereocenters. The molecular formula is C19H20N4O2. The number of anilines is 1. The molecule has 2 aromatic carbocycles. The van der Waals surface area contributed by atoms with Crippen LogP contribution in [-0.4, -0.2) is 27.3 Å². The third-order valence-electron chi connectivity index (χ3n) is 3.82. The molecule has 1 amide bonds. The van der Waals surface area contributed by atoms with E-state index in [0.29, 0.717) is 5.75 Å². The SMILES string of the molecule is CCc1ccc(OCC(=O)Nc2ccc(C)cc2)c(-n2cnnc2)c1. The van der Waals surface area contributed by atoms with Gasteiger partial charge in [0, 0.05) is 5.69 Å². The van der Waals surface area contributed by atoms with E-state index in [4.69, 9.17) is 4.74 Å². The minimum Gasteiger partial charge on any atom is -0.482 e. The van der Waals surface area contributed by atoms with Gasteiger partial charge in [-0.05, 0) is 43.2 Å². The first-order chi connectivity index (χ1) is 12.2. The van der Waals surface area contributed by atoms with E-state index in [-0.39, 0.29) is 12.5 Å². The van der Waals surface area contributed by atoms with E-state index in [2.05, 4.69) is 22.4 Å². The van der Waals surface area contributed by atoms with Crippen molar-refractivity contribution in [3.05, 3.63) is 66.2 Å². The molecule has 1 aromatic heterocycles. The number of aryl methyl sites for hydroxylation is 2. The summed E-state index contributed by atoms with van der Waals surface area (Å²) in [6.07, 6.45) is 4.12. The molecule has 0 aliphatic carbocycles. The fourth-order valence-electron chi connectivity index (χ4n) is 2.41. The zero-order chi connectivity index (χ0) is 17.6. The molecule has 1 heterocycles. The van der Waals surface area contributed by atoms with Gasteiger partial charge in [-0.1, -0.05) is 30.7 Å². The second kappa shape index (κ2) is 7.61. The summed E-state index contributed by atoms with van der Waals surface area (Å²) in [5.41, 5.74) is 3.87. The predicted octanol–water partition coefficient (Wildman–Crippen LogP) is 3.16. The van der Waals surface area contributed by atoms with Crippen LogP contribution in [0.2, 0.25) is 0 Å². The standard InChI is InChI=1S/C19H20N4O2/c1-3-15-6-9-18(17(10-15)23-12-20-21-13-23)25-11-19(24)22-16-7-4-14(2)5-8-16/h4-10,12-13H,3,11H2,1-2H3,(H,22,24). The van der Waals surface area contributed by atoms with E-state index < -0.39 is 0 Å². The summed E-state index contributed by atoms with van der Waals surface area (Å²) in [4.78, 5) is 12.1. The van der Waals surface area contributed by atoms with Gasteiger partial charge in [0.2, 0.25) is 0 Å². The first kappa shape index (κ1) is 16.7. The van der Waals surface area contributed by atoms with Crippen molar-refractivity contribution < 1.29 is 9.53 Å². The van der Waals surface area contributed by atoms with Crippen molar-refractivity contribution >= 4 is 11.6 Å². The topological polar surface area (TPSA) is 69.0 Å². The number of nitrogens with one attached hydrogen (secondary N) is 1. The number of hydrogen-bond acceptors (Lipinski definition) is 4. The molecule has 1 N–H and O–H groups in total. The molecule has 0 fully saturated rings. The van der Waals surface area contributed by atoms with Crippen molar-refractivity contribution in [2.24, 2.45) is 0 Å². The zero-order valence-electron chi connectivity index (χ0n) is 14.3. The normalized spacial score (nSPS) is 10.5. The molecule has 128 valence electrons. The lowest BCUT2D eigenvalue weighted by Crippen LogP contribution is -2.20. The number of carbonyl (C=O) groups is 1. The maximum Gasteiger partial charge on any atom is 0.262 e. The van der Waals surface area contributed by atoms with Crippen molar-refractivity contribution in [1.82, 2.24) is 14.8 Å². The van der Waals surface area contributed by atoms with Crippen LogP contribution in [0.5, 0.6) is 5.75 Å². The molecule has 0 saturated carbocycles. The van der Waals surface area contributed by atoms with Crippen LogP contribution >= 0.6 is 0 Å². The van der Waals surface area contributed by atoms with Crippen molar-refractivity contribution in [3.63, 3.8) is 0 Å². The van der Waals surface area contributed by atoms with Gasteiger partial charge >= 0.3 is 0 Å². The Morgan fingerprint density at radius 1 is 1.12 bits per heavy atom. The summed E-state index contributed by atoms with van der Waals surface area (Å²) < 4.78 is 7.50. The number of carbonyl (C=O) groups excluding carboxylic acids is 1. The Morgan fingerprint density at radius 2 is 1.84 bits per heavy atom. The van der Waals surface area contributed by atoms with E-state index in [9.17, 15) is 4.79 Å². The third kappa shape index (κ3) is 4.23. The van der Waals surface area contributed by atoms with Gasteiger partial charge in [-0.25, -0.2) is 0 Å². The van der Waals surface area contributed by atoms with E-state index in [1.165, 1.54) is 5.56 Å². The number of rotatable bonds is 6. The van der Waals surface area contributed by atoms with Crippen molar-refractivity contribution in [1.29, 1.82) is 0 Å². The highest BCUT2D eigenvalue weighted by Gasteiger charge is 2.10. The van der Waals surface area contributed by atoms with E-state index in [0.717, 1.165) is 23.4 Å². The van der Waals surface area contributed by atoms with Crippen LogP contribution in [0.4, 0.5) is 5.69 Å². The van der Waals surface area contributed by atoms with E-state index in [1.54, 1.807) is 17.2 Å². The smallest absolute Gasteiger partial charge is 0.262 e.